The molecule has 7 nitrogen and oxygen atoms in total. The molecule has 0 atom stereocenters. The van der Waals surface area contributed by atoms with E-state index in [1.54, 1.807) is 12.1 Å². The summed E-state index contributed by atoms with van der Waals surface area (Å²) >= 11 is 4.92. The van der Waals surface area contributed by atoms with Crippen molar-refractivity contribution in [2.24, 2.45) is 0 Å². The third-order valence-corrected chi connectivity index (χ3v) is 4.67. The van der Waals surface area contributed by atoms with Gasteiger partial charge < -0.3 is 5.84 Å². The van der Waals surface area contributed by atoms with Gasteiger partial charge in [0.15, 0.2) is 5.82 Å². The summed E-state index contributed by atoms with van der Waals surface area (Å²) in [5.41, 5.74) is 0.567. The van der Waals surface area contributed by atoms with Gasteiger partial charge in [-0.15, -0.1) is 0 Å². The zero-order valence-electron chi connectivity index (χ0n) is 10.4. The van der Waals surface area contributed by atoms with Crippen LogP contribution in [0.3, 0.4) is 0 Å². The minimum Gasteiger partial charge on any atom is -0.335 e. The van der Waals surface area contributed by atoms with Crippen LogP contribution in [-0.2, 0) is 10.0 Å². The van der Waals surface area contributed by atoms with Crippen LogP contribution < -0.4 is 5.84 Å². The van der Waals surface area contributed by atoms with E-state index in [1.807, 2.05) is 0 Å². The Morgan fingerprint density at radius 3 is 2.63 bits per heavy atom. The summed E-state index contributed by atoms with van der Waals surface area (Å²) in [5.74, 6) is 6.09. The molecule has 2 rings (SSSR count). The molecule has 0 aliphatic carbocycles. The Hall–Kier alpha value is -1.71. The molecule has 0 radical (unpaired) electrons. The van der Waals surface area contributed by atoms with Crippen LogP contribution in [0.15, 0.2) is 29.2 Å². The summed E-state index contributed by atoms with van der Waals surface area (Å²) in [6, 6.07) is 6.36. The molecule has 1 heterocycles. The number of hydrogen-bond acceptors (Lipinski definition) is 5. The van der Waals surface area contributed by atoms with Crippen molar-refractivity contribution in [3.63, 3.8) is 0 Å². The number of aromatic nitrogens is 3. The fraction of sp³-hybridized carbons (Fsp3) is 0.200. The summed E-state index contributed by atoms with van der Waals surface area (Å²) < 4.78 is 26.7. The highest BCUT2D eigenvalue weighted by Crippen LogP contribution is 2.21. The molecule has 9 heteroatoms. The molecule has 19 heavy (non-hydrogen) atoms. The summed E-state index contributed by atoms with van der Waals surface area (Å²) in [5, 5.41) is 6.51. The quantitative estimate of drug-likeness (QED) is 0.638. The highest BCUT2D eigenvalue weighted by molar-refractivity contribution is 7.89. The van der Waals surface area contributed by atoms with Gasteiger partial charge in [-0.2, -0.15) is 5.10 Å². The molecule has 102 valence electrons. The molecule has 0 spiro atoms. The van der Waals surface area contributed by atoms with E-state index in [2.05, 4.69) is 10.2 Å². The Morgan fingerprint density at radius 2 is 2.11 bits per heavy atom. The maximum atomic E-state index is 12.0. The third kappa shape index (κ3) is 2.39. The maximum absolute atomic E-state index is 12.0. The van der Waals surface area contributed by atoms with Crippen LogP contribution in [0.25, 0.3) is 11.4 Å². The summed E-state index contributed by atoms with van der Waals surface area (Å²) in [7, 11) is -0.548. The van der Waals surface area contributed by atoms with Crippen LogP contribution in [0.4, 0.5) is 0 Å². The molecule has 3 N–H and O–H groups in total. The maximum Gasteiger partial charge on any atom is 0.242 e. The number of nitrogens with zero attached hydrogens (tertiary/aromatic N) is 3. The number of H-pyrrole nitrogens is 1. The normalized spacial score (nSPS) is 11.9. The summed E-state index contributed by atoms with van der Waals surface area (Å²) in [4.78, 5) is 0.170. The number of benzene rings is 1. The standard InChI is InChI=1S/C10H13N5O2S2/c1-14(2)19(16,17)8-5-3-4-7(6-8)9-12-13-10(18)15(9)11/h3-6H,11H2,1-2H3,(H,13,18). The molecule has 0 amide bonds. The first kappa shape index (κ1) is 13.7. The van der Waals surface area contributed by atoms with Crippen LogP contribution in [0.2, 0.25) is 0 Å². The lowest BCUT2D eigenvalue weighted by molar-refractivity contribution is 0.521. The largest absolute Gasteiger partial charge is 0.335 e. The van der Waals surface area contributed by atoms with Crippen molar-refractivity contribution in [3.05, 3.63) is 29.0 Å². The Kier molecular flexibility index (Phi) is 3.43. The van der Waals surface area contributed by atoms with Crippen molar-refractivity contribution < 1.29 is 8.42 Å². The molecule has 2 aromatic rings. The second kappa shape index (κ2) is 4.76. The average molecular weight is 299 g/mol. The van der Waals surface area contributed by atoms with E-state index in [-0.39, 0.29) is 9.67 Å². The molecular weight excluding hydrogens is 286 g/mol. The smallest absolute Gasteiger partial charge is 0.242 e. The van der Waals surface area contributed by atoms with Crippen molar-refractivity contribution in [2.75, 3.05) is 19.9 Å². The first-order chi connectivity index (χ1) is 8.84. The molecule has 0 saturated heterocycles. The van der Waals surface area contributed by atoms with Crippen LogP contribution >= 0.6 is 12.2 Å². The van der Waals surface area contributed by atoms with Crippen molar-refractivity contribution >= 4 is 22.2 Å². The van der Waals surface area contributed by atoms with Crippen molar-refractivity contribution in [1.29, 1.82) is 0 Å². The highest BCUT2D eigenvalue weighted by Gasteiger charge is 2.18. The number of sulfonamides is 1. The van der Waals surface area contributed by atoms with E-state index in [4.69, 9.17) is 18.1 Å². The van der Waals surface area contributed by atoms with Crippen molar-refractivity contribution in [3.8, 4) is 11.4 Å². The number of nitrogen functional groups attached to an aromatic ring is 1. The molecule has 0 fully saturated rings. The first-order valence-electron chi connectivity index (χ1n) is 5.29. The van der Waals surface area contributed by atoms with Crippen LogP contribution in [0.1, 0.15) is 0 Å². The van der Waals surface area contributed by atoms with E-state index >= 15 is 0 Å². The Balaban J connectivity index is 2.58. The molecule has 1 aromatic carbocycles. The van der Waals surface area contributed by atoms with E-state index < -0.39 is 10.0 Å². The van der Waals surface area contributed by atoms with E-state index in [9.17, 15) is 8.42 Å². The van der Waals surface area contributed by atoms with Crippen LogP contribution in [0.5, 0.6) is 0 Å². The predicted molar refractivity (Wildman–Crippen MR) is 73.9 cm³/mol. The number of aromatic amines is 1. The Bertz CT molecular complexity index is 760. The lowest BCUT2D eigenvalue weighted by atomic mass is 10.2. The highest BCUT2D eigenvalue weighted by atomic mass is 32.2. The van der Waals surface area contributed by atoms with Gasteiger partial charge >= 0.3 is 0 Å². The second-order valence-corrected chi connectivity index (χ2v) is 6.58. The SMILES string of the molecule is CN(C)S(=O)(=O)c1cccc(-c2n[nH]c(=S)n2N)c1. The molecule has 1 aromatic heterocycles. The van der Waals surface area contributed by atoms with Gasteiger partial charge in [0.25, 0.3) is 0 Å². The summed E-state index contributed by atoms with van der Waals surface area (Å²) in [6.07, 6.45) is 0. The zero-order valence-corrected chi connectivity index (χ0v) is 12.0. The van der Waals surface area contributed by atoms with E-state index in [0.29, 0.717) is 11.4 Å². The molecular formula is C10H13N5O2S2. The van der Waals surface area contributed by atoms with Gasteiger partial charge in [-0.05, 0) is 24.4 Å². The van der Waals surface area contributed by atoms with Gasteiger partial charge in [0, 0.05) is 19.7 Å². The number of rotatable bonds is 3. The van der Waals surface area contributed by atoms with E-state index in [0.717, 1.165) is 4.31 Å². The average Bonchev–Trinajstić information content (AvgIpc) is 2.70. The van der Waals surface area contributed by atoms with Crippen LogP contribution in [0, 0.1) is 4.77 Å². The van der Waals surface area contributed by atoms with Gasteiger partial charge in [0.05, 0.1) is 4.90 Å². The van der Waals surface area contributed by atoms with Gasteiger partial charge in [-0.25, -0.2) is 22.5 Å². The van der Waals surface area contributed by atoms with Gasteiger partial charge in [-0.3, -0.25) is 0 Å². The number of nitrogens with one attached hydrogen (secondary N) is 1. The third-order valence-electron chi connectivity index (χ3n) is 2.58. The lowest BCUT2D eigenvalue weighted by Gasteiger charge is -2.11. The predicted octanol–water partition coefficient (Wildman–Crippen LogP) is 0.572. The number of nitrogens with two attached hydrogens (primary N) is 1. The molecule has 0 bridgehead atoms. The monoisotopic (exact) mass is 299 g/mol. The Morgan fingerprint density at radius 1 is 1.42 bits per heavy atom. The van der Waals surface area contributed by atoms with Gasteiger partial charge in [0.1, 0.15) is 0 Å². The molecule has 0 aliphatic heterocycles. The fourth-order valence-electron chi connectivity index (χ4n) is 1.51. The number of hydrogen-bond donors (Lipinski definition) is 2. The zero-order chi connectivity index (χ0) is 14.2. The van der Waals surface area contributed by atoms with Crippen molar-refractivity contribution in [1.82, 2.24) is 19.2 Å². The molecule has 0 aliphatic rings. The van der Waals surface area contributed by atoms with Crippen molar-refractivity contribution in [2.45, 2.75) is 4.90 Å². The summed E-state index contributed by atoms with van der Waals surface area (Å²) in [6.45, 7) is 0. The van der Waals surface area contributed by atoms with E-state index in [1.165, 1.54) is 30.9 Å². The first-order valence-corrected chi connectivity index (χ1v) is 7.14. The minimum atomic E-state index is -3.49. The minimum absolute atomic E-state index is 0.170. The molecule has 0 saturated carbocycles. The lowest BCUT2D eigenvalue weighted by Crippen LogP contribution is -2.22. The second-order valence-electron chi connectivity index (χ2n) is 4.04. The topological polar surface area (TPSA) is 97.0 Å². The van der Waals surface area contributed by atoms with Crippen LogP contribution in [-0.4, -0.2) is 41.7 Å². The fourth-order valence-corrected chi connectivity index (χ4v) is 2.59. The van der Waals surface area contributed by atoms with Gasteiger partial charge in [-0.1, -0.05) is 12.1 Å². The Labute approximate surface area is 115 Å². The molecule has 0 unspecified atom stereocenters. The van der Waals surface area contributed by atoms with Gasteiger partial charge in [0.2, 0.25) is 14.8 Å².